The fourth-order valence-corrected chi connectivity index (χ4v) is 3.07. The number of nitrogens with one attached hydrogen (secondary N) is 2. The number of aryl methyl sites for hydroxylation is 1. The second kappa shape index (κ2) is 8.47. The Labute approximate surface area is 152 Å². The molecule has 0 unspecified atom stereocenters. The summed E-state index contributed by atoms with van der Waals surface area (Å²) >= 11 is 0. The number of hydrogen-bond acceptors (Lipinski definition) is 2. The molecule has 2 aromatic rings. The highest BCUT2D eigenvalue weighted by molar-refractivity contribution is 5.96. The first-order chi connectivity index (χ1) is 12.6. The summed E-state index contributed by atoms with van der Waals surface area (Å²) in [5.74, 6) is -0.507. The van der Waals surface area contributed by atoms with Gasteiger partial charge in [0.05, 0.1) is 6.04 Å². The van der Waals surface area contributed by atoms with E-state index in [9.17, 15) is 14.0 Å². The van der Waals surface area contributed by atoms with Gasteiger partial charge in [-0.1, -0.05) is 36.4 Å². The van der Waals surface area contributed by atoms with Gasteiger partial charge in [0.2, 0.25) is 5.91 Å². The number of anilines is 1. The molecule has 3 amide bonds. The molecule has 0 spiro atoms. The fourth-order valence-electron chi connectivity index (χ4n) is 3.07. The van der Waals surface area contributed by atoms with Crippen molar-refractivity contribution in [3.05, 3.63) is 66.0 Å². The zero-order valence-electron chi connectivity index (χ0n) is 14.5. The van der Waals surface area contributed by atoms with Gasteiger partial charge < -0.3 is 15.5 Å². The van der Waals surface area contributed by atoms with Crippen molar-refractivity contribution in [2.75, 3.05) is 18.0 Å². The van der Waals surface area contributed by atoms with Crippen LogP contribution in [0.3, 0.4) is 0 Å². The molecule has 1 saturated heterocycles. The Kier molecular flexibility index (Phi) is 5.84. The first-order valence-electron chi connectivity index (χ1n) is 8.76. The standard InChI is InChI=1S/C20H22FN3O2/c21-16-9-4-10-18(12-16)24-14-17(13-19(24)25)23-20(26)22-11-5-8-15-6-2-1-3-7-15/h1-4,6-7,9-10,12,17H,5,8,11,13-14H2,(H2,22,23,26)/t17-/m1/s1. The lowest BCUT2D eigenvalue weighted by Gasteiger charge is -2.17. The Hall–Kier alpha value is -2.89. The minimum absolute atomic E-state index is 0.120. The molecule has 0 bridgehead atoms. The van der Waals surface area contributed by atoms with E-state index >= 15 is 0 Å². The van der Waals surface area contributed by atoms with E-state index in [2.05, 4.69) is 22.8 Å². The maximum absolute atomic E-state index is 13.3. The predicted molar refractivity (Wildman–Crippen MR) is 98.5 cm³/mol. The van der Waals surface area contributed by atoms with E-state index in [1.165, 1.54) is 22.6 Å². The molecule has 0 radical (unpaired) electrons. The highest BCUT2D eigenvalue weighted by atomic mass is 19.1. The van der Waals surface area contributed by atoms with Crippen LogP contribution in [0.15, 0.2) is 54.6 Å². The summed E-state index contributed by atoms with van der Waals surface area (Å²) in [5, 5.41) is 5.63. The number of amides is 3. The van der Waals surface area contributed by atoms with Crippen LogP contribution in [0.25, 0.3) is 0 Å². The maximum atomic E-state index is 13.3. The summed E-state index contributed by atoms with van der Waals surface area (Å²) in [4.78, 5) is 25.6. The van der Waals surface area contributed by atoms with Crippen molar-refractivity contribution in [2.45, 2.75) is 25.3 Å². The van der Waals surface area contributed by atoms with E-state index in [0.29, 0.717) is 18.8 Å². The summed E-state index contributed by atoms with van der Waals surface area (Å²) in [6.45, 7) is 0.911. The lowest BCUT2D eigenvalue weighted by atomic mass is 10.1. The fraction of sp³-hybridized carbons (Fsp3) is 0.300. The van der Waals surface area contributed by atoms with Gasteiger partial charge in [0.15, 0.2) is 0 Å². The second-order valence-electron chi connectivity index (χ2n) is 6.37. The van der Waals surface area contributed by atoms with Gasteiger partial charge in [-0.2, -0.15) is 0 Å². The van der Waals surface area contributed by atoms with E-state index in [4.69, 9.17) is 0 Å². The monoisotopic (exact) mass is 355 g/mol. The van der Waals surface area contributed by atoms with Gasteiger partial charge in [-0.25, -0.2) is 9.18 Å². The number of urea groups is 1. The number of rotatable bonds is 6. The molecule has 6 heteroatoms. The van der Waals surface area contributed by atoms with E-state index in [-0.39, 0.29) is 30.2 Å². The van der Waals surface area contributed by atoms with Gasteiger partial charge in [-0.3, -0.25) is 4.79 Å². The van der Waals surface area contributed by atoms with Crippen LogP contribution >= 0.6 is 0 Å². The molecular weight excluding hydrogens is 333 g/mol. The van der Waals surface area contributed by atoms with Crippen LogP contribution in [0.1, 0.15) is 18.4 Å². The van der Waals surface area contributed by atoms with Crippen molar-refractivity contribution in [2.24, 2.45) is 0 Å². The molecular formula is C20H22FN3O2. The van der Waals surface area contributed by atoms with Gasteiger partial charge in [0.25, 0.3) is 0 Å². The first-order valence-corrected chi connectivity index (χ1v) is 8.76. The molecule has 0 aliphatic carbocycles. The Morgan fingerprint density at radius 1 is 1.15 bits per heavy atom. The first kappa shape index (κ1) is 17.9. The summed E-state index contributed by atoms with van der Waals surface area (Å²) < 4.78 is 13.3. The molecule has 136 valence electrons. The lowest BCUT2D eigenvalue weighted by molar-refractivity contribution is -0.117. The van der Waals surface area contributed by atoms with Crippen molar-refractivity contribution in [3.8, 4) is 0 Å². The quantitative estimate of drug-likeness (QED) is 0.783. The zero-order valence-corrected chi connectivity index (χ0v) is 14.5. The third-order valence-corrected chi connectivity index (χ3v) is 4.35. The minimum Gasteiger partial charge on any atom is -0.338 e. The molecule has 5 nitrogen and oxygen atoms in total. The van der Waals surface area contributed by atoms with Gasteiger partial charge >= 0.3 is 6.03 Å². The summed E-state index contributed by atoms with van der Waals surface area (Å²) in [5.41, 5.74) is 1.75. The Morgan fingerprint density at radius 3 is 2.73 bits per heavy atom. The number of halogens is 1. The second-order valence-corrected chi connectivity index (χ2v) is 6.37. The van der Waals surface area contributed by atoms with Gasteiger partial charge in [0, 0.05) is 25.2 Å². The van der Waals surface area contributed by atoms with Crippen LogP contribution in [0.5, 0.6) is 0 Å². The third-order valence-electron chi connectivity index (χ3n) is 4.35. The average Bonchev–Trinajstić information content (AvgIpc) is 3.00. The SMILES string of the molecule is O=C(NCCCc1ccccc1)N[C@@H]1CC(=O)N(c2cccc(F)c2)C1. The molecule has 1 heterocycles. The summed E-state index contributed by atoms with van der Waals surface area (Å²) in [6, 6.07) is 15.4. The average molecular weight is 355 g/mol. The van der Waals surface area contributed by atoms with Gasteiger partial charge in [0.1, 0.15) is 5.82 Å². The molecule has 0 saturated carbocycles. The number of benzene rings is 2. The summed E-state index contributed by atoms with van der Waals surface area (Å²) in [6.07, 6.45) is 1.96. The van der Waals surface area contributed by atoms with E-state index in [1.807, 2.05) is 18.2 Å². The molecule has 2 aromatic carbocycles. The molecule has 1 aliphatic heterocycles. The minimum atomic E-state index is -0.386. The zero-order chi connectivity index (χ0) is 18.4. The molecule has 1 atom stereocenters. The van der Waals surface area contributed by atoms with Crippen molar-refractivity contribution in [3.63, 3.8) is 0 Å². The largest absolute Gasteiger partial charge is 0.338 e. The number of carbonyl (C=O) groups excluding carboxylic acids is 2. The molecule has 0 aromatic heterocycles. The topological polar surface area (TPSA) is 61.4 Å². The van der Waals surface area contributed by atoms with Crippen molar-refractivity contribution in [1.29, 1.82) is 0 Å². The predicted octanol–water partition coefficient (Wildman–Crippen LogP) is 2.86. The Morgan fingerprint density at radius 2 is 1.96 bits per heavy atom. The highest BCUT2D eigenvalue weighted by Gasteiger charge is 2.31. The molecule has 26 heavy (non-hydrogen) atoms. The van der Waals surface area contributed by atoms with Crippen LogP contribution in [0.4, 0.5) is 14.9 Å². The van der Waals surface area contributed by atoms with Crippen LogP contribution in [-0.4, -0.2) is 31.1 Å². The molecule has 2 N–H and O–H groups in total. The number of carbonyl (C=O) groups is 2. The van der Waals surface area contributed by atoms with E-state index < -0.39 is 0 Å². The van der Waals surface area contributed by atoms with E-state index in [1.54, 1.807) is 12.1 Å². The molecule has 1 aliphatic rings. The van der Waals surface area contributed by atoms with Crippen LogP contribution in [0, 0.1) is 5.82 Å². The van der Waals surface area contributed by atoms with Crippen molar-refractivity contribution in [1.82, 2.24) is 10.6 Å². The van der Waals surface area contributed by atoms with Gasteiger partial charge in [-0.15, -0.1) is 0 Å². The van der Waals surface area contributed by atoms with Crippen molar-refractivity contribution < 1.29 is 14.0 Å². The van der Waals surface area contributed by atoms with Gasteiger partial charge in [-0.05, 0) is 36.6 Å². The molecule has 3 rings (SSSR count). The number of hydrogen-bond donors (Lipinski definition) is 2. The van der Waals surface area contributed by atoms with E-state index in [0.717, 1.165) is 12.8 Å². The number of nitrogens with zero attached hydrogens (tertiary/aromatic N) is 1. The van der Waals surface area contributed by atoms with Crippen LogP contribution < -0.4 is 15.5 Å². The van der Waals surface area contributed by atoms with Crippen molar-refractivity contribution >= 4 is 17.6 Å². The van der Waals surface area contributed by atoms with Crippen LogP contribution in [-0.2, 0) is 11.2 Å². The third kappa shape index (κ3) is 4.81. The highest BCUT2D eigenvalue weighted by Crippen LogP contribution is 2.22. The Balaban J connectivity index is 1.41. The lowest BCUT2D eigenvalue weighted by Crippen LogP contribution is -2.43. The normalized spacial score (nSPS) is 16.6. The maximum Gasteiger partial charge on any atom is 0.315 e. The van der Waals surface area contributed by atoms with Crippen LogP contribution in [0.2, 0.25) is 0 Å². The summed E-state index contributed by atoms with van der Waals surface area (Å²) in [7, 11) is 0. The Bertz CT molecular complexity index is 767. The molecule has 1 fully saturated rings. The smallest absolute Gasteiger partial charge is 0.315 e.